The molecule has 1 aromatic rings. The molecule has 1 aromatic heterocycles. The van der Waals surface area contributed by atoms with Crippen LogP contribution in [0.2, 0.25) is 0 Å². The van der Waals surface area contributed by atoms with Gasteiger partial charge < -0.3 is 16.2 Å². The number of amides is 1. The summed E-state index contributed by atoms with van der Waals surface area (Å²) in [5.41, 5.74) is 7.36. The van der Waals surface area contributed by atoms with Crippen molar-refractivity contribution in [2.75, 3.05) is 5.32 Å². The van der Waals surface area contributed by atoms with Gasteiger partial charge in [-0.3, -0.25) is 9.59 Å². The van der Waals surface area contributed by atoms with Gasteiger partial charge in [0.05, 0.1) is 5.56 Å². The maximum Gasteiger partial charge on any atom is 0.303 e. The highest BCUT2D eigenvalue weighted by molar-refractivity contribution is 5.99. The zero-order valence-electron chi connectivity index (χ0n) is 12.1. The lowest BCUT2D eigenvalue weighted by Gasteiger charge is -2.17. The van der Waals surface area contributed by atoms with Crippen LogP contribution in [-0.2, 0) is 4.79 Å². The molecule has 6 heteroatoms. The van der Waals surface area contributed by atoms with Crippen molar-refractivity contribution in [2.45, 2.75) is 46.1 Å². The Morgan fingerprint density at radius 2 is 2.10 bits per heavy atom. The Labute approximate surface area is 118 Å². The highest BCUT2D eigenvalue weighted by Crippen LogP contribution is 2.19. The molecule has 110 valence electrons. The van der Waals surface area contributed by atoms with Crippen molar-refractivity contribution in [2.24, 2.45) is 5.73 Å². The number of carboxylic acid groups (broad SMARTS) is 1. The number of nitrogens with zero attached hydrogens (tertiary/aromatic N) is 1. The Bertz CT molecular complexity index is 515. The highest BCUT2D eigenvalue weighted by atomic mass is 16.4. The second-order valence-electron chi connectivity index (χ2n) is 5.00. The topological polar surface area (TPSA) is 105 Å². The minimum Gasteiger partial charge on any atom is -0.481 e. The summed E-state index contributed by atoms with van der Waals surface area (Å²) in [6.45, 7) is 5.58. The third-order valence-electron chi connectivity index (χ3n) is 3.00. The average molecular weight is 279 g/mol. The number of carbonyl (C=O) groups excluding carboxylic acids is 1. The number of nitrogens with two attached hydrogens (primary N) is 1. The summed E-state index contributed by atoms with van der Waals surface area (Å²) < 4.78 is 0. The number of hydrogen-bond acceptors (Lipinski definition) is 4. The number of nitrogens with one attached hydrogen (secondary N) is 1. The van der Waals surface area contributed by atoms with Crippen molar-refractivity contribution in [1.29, 1.82) is 0 Å². The van der Waals surface area contributed by atoms with E-state index >= 15 is 0 Å². The summed E-state index contributed by atoms with van der Waals surface area (Å²) in [6.07, 6.45) is 1.38. The Balaban J connectivity index is 2.80. The van der Waals surface area contributed by atoms with Crippen LogP contribution in [0.3, 0.4) is 0 Å². The van der Waals surface area contributed by atoms with E-state index in [9.17, 15) is 9.59 Å². The molecule has 1 amide bonds. The molecule has 1 rings (SSSR count). The number of primary amides is 1. The highest BCUT2D eigenvalue weighted by Gasteiger charge is 2.15. The molecular weight excluding hydrogens is 258 g/mol. The summed E-state index contributed by atoms with van der Waals surface area (Å²) in [6, 6.07) is 1.82. The first-order valence-electron chi connectivity index (χ1n) is 6.57. The van der Waals surface area contributed by atoms with Gasteiger partial charge in [0.15, 0.2) is 0 Å². The quantitative estimate of drug-likeness (QED) is 0.706. The molecule has 6 nitrogen and oxygen atoms in total. The molecule has 4 N–H and O–H groups in total. The maximum atomic E-state index is 11.5. The van der Waals surface area contributed by atoms with E-state index in [0.29, 0.717) is 24.2 Å². The van der Waals surface area contributed by atoms with Gasteiger partial charge in [-0.25, -0.2) is 4.98 Å². The van der Waals surface area contributed by atoms with Gasteiger partial charge in [-0.1, -0.05) is 0 Å². The molecule has 0 aliphatic carbocycles. The first-order chi connectivity index (χ1) is 9.31. The van der Waals surface area contributed by atoms with Crippen LogP contribution in [0, 0.1) is 13.8 Å². The van der Waals surface area contributed by atoms with Crippen molar-refractivity contribution in [3.63, 3.8) is 0 Å². The van der Waals surface area contributed by atoms with Crippen LogP contribution in [0.5, 0.6) is 0 Å². The van der Waals surface area contributed by atoms with Crippen molar-refractivity contribution in [3.05, 3.63) is 22.9 Å². The number of hydrogen-bond donors (Lipinski definition) is 3. The fourth-order valence-corrected chi connectivity index (χ4v) is 2.12. The van der Waals surface area contributed by atoms with E-state index in [1.54, 1.807) is 6.07 Å². The summed E-state index contributed by atoms with van der Waals surface area (Å²) in [5, 5.41) is 11.8. The summed E-state index contributed by atoms with van der Waals surface area (Å²) in [5.74, 6) is -0.854. The van der Waals surface area contributed by atoms with Gasteiger partial charge in [0.2, 0.25) is 0 Å². The lowest BCUT2D eigenvalue weighted by molar-refractivity contribution is -0.137. The first-order valence-corrected chi connectivity index (χ1v) is 6.57. The van der Waals surface area contributed by atoms with Gasteiger partial charge in [0.1, 0.15) is 5.82 Å². The van der Waals surface area contributed by atoms with Crippen LogP contribution in [0.4, 0.5) is 5.82 Å². The van der Waals surface area contributed by atoms with Crippen LogP contribution < -0.4 is 11.1 Å². The predicted molar refractivity (Wildman–Crippen MR) is 76.8 cm³/mol. The monoisotopic (exact) mass is 279 g/mol. The molecule has 0 aliphatic heterocycles. The predicted octanol–water partition coefficient (Wildman–Crippen LogP) is 1.85. The first kappa shape index (κ1) is 15.9. The van der Waals surface area contributed by atoms with E-state index in [1.807, 2.05) is 20.8 Å². The number of aliphatic carboxylic acids is 1. The number of pyridine rings is 1. The Kier molecular flexibility index (Phi) is 5.49. The van der Waals surface area contributed by atoms with E-state index in [2.05, 4.69) is 10.3 Å². The lowest BCUT2D eigenvalue weighted by atomic mass is 10.1. The minimum atomic E-state index is -0.806. The van der Waals surface area contributed by atoms with Gasteiger partial charge in [0, 0.05) is 18.2 Å². The Morgan fingerprint density at radius 3 is 2.65 bits per heavy atom. The number of carboxylic acids is 1. The molecule has 0 fully saturated rings. The molecule has 0 bridgehead atoms. The van der Waals surface area contributed by atoms with Crippen LogP contribution in [-0.4, -0.2) is 28.0 Å². The zero-order valence-corrected chi connectivity index (χ0v) is 12.1. The molecule has 0 aromatic carbocycles. The number of aryl methyl sites for hydroxylation is 2. The van der Waals surface area contributed by atoms with Gasteiger partial charge in [-0.2, -0.15) is 0 Å². The molecule has 0 aliphatic rings. The number of aromatic nitrogens is 1. The summed E-state index contributed by atoms with van der Waals surface area (Å²) in [7, 11) is 0. The average Bonchev–Trinajstić information content (AvgIpc) is 2.26. The lowest BCUT2D eigenvalue weighted by Crippen LogP contribution is -2.22. The van der Waals surface area contributed by atoms with Crippen LogP contribution in [0.25, 0.3) is 0 Å². The van der Waals surface area contributed by atoms with E-state index in [0.717, 1.165) is 11.3 Å². The fraction of sp³-hybridized carbons (Fsp3) is 0.500. The fourth-order valence-electron chi connectivity index (χ4n) is 2.12. The number of carbonyl (C=O) groups is 2. The molecule has 20 heavy (non-hydrogen) atoms. The smallest absolute Gasteiger partial charge is 0.303 e. The molecular formula is C14H21N3O3. The second kappa shape index (κ2) is 6.88. The maximum absolute atomic E-state index is 11.5. The molecule has 1 unspecified atom stereocenters. The van der Waals surface area contributed by atoms with E-state index in [1.165, 1.54) is 0 Å². The minimum absolute atomic E-state index is 0.0150. The Hall–Kier alpha value is -2.11. The standard InChI is InChI=1S/C14H21N3O3/c1-8-7-10(3)17-14(12(8)13(15)20)16-9(2)5-4-6-11(18)19/h7,9H,4-6H2,1-3H3,(H2,15,20)(H,16,17)(H,18,19). The van der Waals surface area contributed by atoms with Crippen molar-refractivity contribution < 1.29 is 14.7 Å². The van der Waals surface area contributed by atoms with E-state index in [4.69, 9.17) is 10.8 Å². The van der Waals surface area contributed by atoms with Crippen LogP contribution >= 0.6 is 0 Å². The van der Waals surface area contributed by atoms with Gasteiger partial charge >= 0.3 is 5.97 Å². The summed E-state index contributed by atoms with van der Waals surface area (Å²) in [4.78, 5) is 26.3. The van der Waals surface area contributed by atoms with Gasteiger partial charge in [0.25, 0.3) is 5.91 Å². The third-order valence-corrected chi connectivity index (χ3v) is 3.00. The van der Waals surface area contributed by atoms with Gasteiger partial charge in [-0.15, -0.1) is 0 Å². The van der Waals surface area contributed by atoms with Crippen molar-refractivity contribution in [1.82, 2.24) is 4.98 Å². The third kappa shape index (κ3) is 4.53. The van der Waals surface area contributed by atoms with Crippen molar-refractivity contribution >= 4 is 17.7 Å². The zero-order chi connectivity index (χ0) is 15.3. The van der Waals surface area contributed by atoms with Crippen LogP contribution in [0.15, 0.2) is 6.07 Å². The molecule has 0 radical (unpaired) electrons. The van der Waals surface area contributed by atoms with Crippen molar-refractivity contribution in [3.8, 4) is 0 Å². The van der Waals surface area contributed by atoms with E-state index < -0.39 is 11.9 Å². The SMILES string of the molecule is Cc1cc(C)c(C(N)=O)c(NC(C)CCCC(=O)O)n1. The number of anilines is 1. The molecule has 0 spiro atoms. The Morgan fingerprint density at radius 1 is 1.45 bits per heavy atom. The van der Waals surface area contributed by atoms with E-state index in [-0.39, 0.29) is 12.5 Å². The molecule has 0 saturated carbocycles. The van der Waals surface area contributed by atoms with Crippen LogP contribution in [0.1, 0.15) is 47.8 Å². The van der Waals surface area contributed by atoms with Gasteiger partial charge in [-0.05, 0) is 45.2 Å². The summed E-state index contributed by atoms with van der Waals surface area (Å²) >= 11 is 0. The largest absolute Gasteiger partial charge is 0.481 e. The second-order valence-corrected chi connectivity index (χ2v) is 5.00. The molecule has 1 atom stereocenters. The normalized spacial score (nSPS) is 11.9. The number of rotatable bonds is 7. The molecule has 0 saturated heterocycles. The molecule has 1 heterocycles.